The van der Waals surface area contributed by atoms with E-state index < -0.39 is 0 Å². The highest BCUT2D eigenvalue weighted by molar-refractivity contribution is 6.30. The number of pyridine rings is 1. The van der Waals surface area contributed by atoms with Gasteiger partial charge in [-0.15, -0.1) is 0 Å². The lowest BCUT2D eigenvalue weighted by atomic mass is 9.86. The summed E-state index contributed by atoms with van der Waals surface area (Å²) in [5.41, 5.74) is 8.04. The molecule has 2 aliphatic heterocycles. The van der Waals surface area contributed by atoms with Gasteiger partial charge in [-0.05, 0) is 80.1 Å². The number of carbonyl (C=O) groups is 1. The van der Waals surface area contributed by atoms with Gasteiger partial charge in [0.05, 0.1) is 19.3 Å². The summed E-state index contributed by atoms with van der Waals surface area (Å²) in [7, 11) is 0. The zero-order valence-electron chi connectivity index (χ0n) is 19.6. The fraction of sp³-hybridized carbons (Fsp3) is 0.538. The summed E-state index contributed by atoms with van der Waals surface area (Å²) in [6.45, 7) is 4.50. The molecule has 0 aliphatic carbocycles. The number of aliphatic hydroxyl groups is 1. The first-order valence-corrected chi connectivity index (χ1v) is 12.6. The minimum atomic E-state index is -0.0906. The average molecular weight is 487 g/mol. The van der Waals surface area contributed by atoms with Gasteiger partial charge in [0.15, 0.2) is 0 Å². The molecule has 0 saturated carbocycles. The number of rotatable bonds is 8. The number of ether oxygens (including phenoxy) is 1. The van der Waals surface area contributed by atoms with Gasteiger partial charge in [0.25, 0.3) is 0 Å². The predicted octanol–water partition coefficient (Wildman–Crippen LogP) is 3.52. The summed E-state index contributed by atoms with van der Waals surface area (Å²) >= 11 is 6.05. The summed E-state index contributed by atoms with van der Waals surface area (Å²) in [5.74, 6) is 1.26. The van der Waals surface area contributed by atoms with Crippen LogP contribution in [-0.4, -0.2) is 65.2 Å². The topological polar surface area (TPSA) is 91.9 Å². The molecule has 1 aromatic carbocycles. The number of nitrogen functional groups attached to an aromatic ring is 1. The lowest BCUT2D eigenvalue weighted by Crippen LogP contribution is -2.46. The SMILES string of the molecule is Nc1cc(CN2CCC(C(=O)N3CCC(C(OCCO)c4ccc(Cl)cc4)CC3)CC2)ccn1. The first-order valence-electron chi connectivity index (χ1n) is 12.2. The minimum Gasteiger partial charge on any atom is -0.394 e. The van der Waals surface area contributed by atoms with Crippen molar-refractivity contribution >= 4 is 23.3 Å². The maximum atomic E-state index is 13.2. The van der Waals surface area contributed by atoms with Crippen molar-refractivity contribution < 1.29 is 14.6 Å². The van der Waals surface area contributed by atoms with Crippen LogP contribution in [0.25, 0.3) is 0 Å². The number of aliphatic hydroxyl groups excluding tert-OH is 1. The molecule has 1 amide bonds. The van der Waals surface area contributed by atoms with Gasteiger partial charge in [-0.3, -0.25) is 9.69 Å². The van der Waals surface area contributed by atoms with Crippen LogP contribution in [0.5, 0.6) is 0 Å². The quantitative estimate of drug-likeness (QED) is 0.593. The molecule has 34 heavy (non-hydrogen) atoms. The Morgan fingerprint density at radius 2 is 1.82 bits per heavy atom. The Hall–Kier alpha value is -2.19. The van der Waals surface area contributed by atoms with Crippen molar-refractivity contribution in [3.63, 3.8) is 0 Å². The highest BCUT2D eigenvalue weighted by atomic mass is 35.5. The monoisotopic (exact) mass is 486 g/mol. The molecule has 1 unspecified atom stereocenters. The molecular formula is C26H35ClN4O3. The fourth-order valence-corrected chi connectivity index (χ4v) is 5.33. The third-order valence-corrected chi connectivity index (χ3v) is 7.31. The summed E-state index contributed by atoms with van der Waals surface area (Å²) in [5, 5.41) is 9.96. The molecule has 4 rings (SSSR count). The van der Waals surface area contributed by atoms with Crippen LogP contribution in [-0.2, 0) is 16.1 Å². The third kappa shape index (κ3) is 6.48. The van der Waals surface area contributed by atoms with Gasteiger partial charge in [-0.25, -0.2) is 4.98 Å². The number of nitrogens with zero attached hydrogens (tertiary/aromatic N) is 3. The Labute approximate surface area is 206 Å². The maximum Gasteiger partial charge on any atom is 0.225 e. The minimum absolute atomic E-state index is 0.00529. The van der Waals surface area contributed by atoms with E-state index in [1.54, 1.807) is 6.20 Å². The van der Waals surface area contributed by atoms with Crippen molar-refractivity contribution in [1.82, 2.24) is 14.8 Å². The number of amides is 1. The Morgan fingerprint density at radius 3 is 2.47 bits per heavy atom. The standard InChI is InChI=1S/C26H35ClN4O3/c27-23-3-1-20(2-4-23)25(34-16-15-32)21-8-13-31(14-9-21)26(33)22-6-11-30(12-7-22)18-19-5-10-29-24(28)17-19/h1-5,10,17,21-22,25,32H,6-9,11-16,18H2,(H2,28,29). The predicted molar refractivity (Wildman–Crippen MR) is 133 cm³/mol. The highest BCUT2D eigenvalue weighted by Gasteiger charge is 2.33. The second-order valence-electron chi connectivity index (χ2n) is 9.37. The number of hydrogen-bond acceptors (Lipinski definition) is 6. The fourth-order valence-electron chi connectivity index (χ4n) is 5.21. The Kier molecular flexibility index (Phi) is 8.78. The van der Waals surface area contributed by atoms with Crippen LogP contribution < -0.4 is 5.73 Å². The van der Waals surface area contributed by atoms with Gasteiger partial charge in [0.2, 0.25) is 5.91 Å². The van der Waals surface area contributed by atoms with Crippen molar-refractivity contribution in [1.29, 1.82) is 0 Å². The number of halogens is 1. The molecular weight excluding hydrogens is 452 g/mol. The number of nitrogens with two attached hydrogens (primary N) is 1. The van der Waals surface area contributed by atoms with Crippen LogP contribution in [0.2, 0.25) is 5.02 Å². The molecule has 1 aromatic heterocycles. The Morgan fingerprint density at radius 1 is 1.12 bits per heavy atom. The summed E-state index contributed by atoms with van der Waals surface area (Å²) in [6.07, 6.45) is 5.24. The van der Waals surface area contributed by atoms with Crippen molar-refractivity contribution in [3.8, 4) is 0 Å². The molecule has 3 N–H and O–H groups in total. The molecule has 0 spiro atoms. The van der Waals surface area contributed by atoms with E-state index in [0.717, 1.165) is 69.5 Å². The average Bonchev–Trinajstić information content (AvgIpc) is 2.86. The number of anilines is 1. The lowest BCUT2D eigenvalue weighted by Gasteiger charge is -2.39. The Bertz CT molecular complexity index is 926. The summed E-state index contributed by atoms with van der Waals surface area (Å²) in [6, 6.07) is 11.7. The Balaban J connectivity index is 1.27. The van der Waals surface area contributed by atoms with Crippen LogP contribution in [0.3, 0.4) is 0 Å². The molecule has 3 heterocycles. The van der Waals surface area contributed by atoms with Crippen LogP contribution in [0.1, 0.15) is 42.9 Å². The van der Waals surface area contributed by atoms with E-state index in [1.165, 1.54) is 0 Å². The van der Waals surface area contributed by atoms with E-state index in [9.17, 15) is 9.90 Å². The van der Waals surface area contributed by atoms with E-state index in [1.807, 2.05) is 41.3 Å². The first-order chi connectivity index (χ1) is 16.5. The number of piperidine rings is 2. The van der Waals surface area contributed by atoms with Crippen molar-refractivity contribution in [3.05, 3.63) is 58.7 Å². The van der Waals surface area contributed by atoms with Crippen LogP contribution >= 0.6 is 11.6 Å². The molecule has 7 nitrogen and oxygen atoms in total. The molecule has 2 aliphatic rings. The van der Waals surface area contributed by atoms with Crippen LogP contribution in [0, 0.1) is 11.8 Å². The second-order valence-corrected chi connectivity index (χ2v) is 9.81. The summed E-state index contributed by atoms with van der Waals surface area (Å²) in [4.78, 5) is 21.7. The number of hydrogen-bond donors (Lipinski definition) is 2. The normalized spacial score (nSPS) is 19.3. The van der Waals surface area contributed by atoms with Crippen molar-refractivity contribution in [2.45, 2.75) is 38.3 Å². The van der Waals surface area contributed by atoms with Crippen molar-refractivity contribution in [2.75, 3.05) is 45.1 Å². The van der Waals surface area contributed by atoms with E-state index in [-0.39, 0.29) is 18.6 Å². The van der Waals surface area contributed by atoms with Crippen LogP contribution in [0.15, 0.2) is 42.6 Å². The number of benzene rings is 1. The molecule has 0 radical (unpaired) electrons. The largest absolute Gasteiger partial charge is 0.394 e. The van der Waals surface area contributed by atoms with Gasteiger partial charge in [0.1, 0.15) is 5.82 Å². The van der Waals surface area contributed by atoms with Gasteiger partial charge >= 0.3 is 0 Å². The molecule has 2 aromatic rings. The van der Waals surface area contributed by atoms with E-state index in [4.69, 9.17) is 22.1 Å². The highest BCUT2D eigenvalue weighted by Crippen LogP contribution is 2.35. The second kappa shape index (κ2) is 12.0. The van der Waals surface area contributed by atoms with Gasteiger partial charge in [-0.1, -0.05) is 23.7 Å². The van der Waals surface area contributed by atoms with E-state index in [2.05, 4.69) is 9.88 Å². The molecule has 1 atom stereocenters. The molecule has 184 valence electrons. The zero-order chi connectivity index (χ0) is 23.9. The van der Waals surface area contributed by atoms with Crippen molar-refractivity contribution in [2.24, 2.45) is 11.8 Å². The molecule has 0 bridgehead atoms. The molecule has 8 heteroatoms. The maximum absolute atomic E-state index is 13.2. The van der Waals surface area contributed by atoms with Gasteiger partial charge < -0.3 is 20.5 Å². The van der Waals surface area contributed by atoms with E-state index in [0.29, 0.717) is 29.3 Å². The van der Waals surface area contributed by atoms with Gasteiger partial charge in [-0.2, -0.15) is 0 Å². The summed E-state index contributed by atoms with van der Waals surface area (Å²) < 4.78 is 6.02. The number of aromatic nitrogens is 1. The lowest BCUT2D eigenvalue weighted by molar-refractivity contribution is -0.139. The zero-order valence-corrected chi connectivity index (χ0v) is 20.4. The third-order valence-electron chi connectivity index (χ3n) is 7.06. The molecule has 2 saturated heterocycles. The number of carbonyl (C=O) groups excluding carboxylic acids is 1. The number of likely N-dealkylation sites (tertiary alicyclic amines) is 2. The van der Waals surface area contributed by atoms with Crippen LogP contribution in [0.4, 0.5) is 5.82 Å². The first kappa shape index (κ1) is 24.9. The molecule has 2 fully saturated rings. The smallest absolute Gasteiger partial charge is 0.225 e. The van der Waals surface area contributed by atoms with Gasteiger partial charge in [0, 0.05) is 36.8 Å². The van der Waals surface area contributed by atoms with E-state index >= 15 is 0 Å².